The van der Waals surface area contributed by atoms with E-state index in [9.17, 15) is 19.5 Å². The van der Waals surface area contributed by atoms with Gasteiger partial charge in [0.15, 0.2) is 6.10 Å². The molecule has 2 atom stereocenters. The van der Waals surface area contributed by atoms with Crippen molar-refractivity contribution in [2.75, 3.05) is 41.0 Å². The zero-order chi connectivity index (χ0) is 40.0. The quantitative estimate of drug-likeness (QED) is 0.0267. The van der Waals surface area contributed by atoms with Gasteiger partial charge in [-0.25, -0.2) is 0 Å². The van der Waals surface area contributed by atoms with Crippen LogP contribution in [0.25, 0.3) is 0 Å². The summed E-state index contributed by atoms with van der Waals surface area (Å²) in [6.07, 6.45) is 42.7. The maximum atomic E-state index is 12.7. The lowest BCUT2D eigenvalue weighted by Gasteiger charge is -2.34. The normalized spacial score (nSPS) is 13.4. The molecule has 0 aromatic rings. The van der Waals surface area contributed by atoms with Crippen LogP contribution in [0.4, 0.5) is 0 Å². The number of unbranched alkanes of at least 4 members (excludes halogenated alkanes) is 19. The summed E-state index contributed by atoms with van der Waals surface area (Å²) < 4.78 is 17.1. The van der Waals surface area contributed by atoms with E-state index in [-0.39, 0.29) is 42.7 Å². The van der Waals surface area contributed by atoms with Gasteiger partial charge in [0.25, 0.3) is 0 Å². The fourth-order valence-corrected chi connectivity index (χ4v) is 6.20. The van der Waals surface area contributed by atoms with Crippen molar-refractivity contribution in [2.45, 2.75) is 187 Å². The minimum atomic E-state index is -1.13. The second-order valence-electron chi connectivity index (χ2n) is 15.7. The number of rotatable bonds is 38. The number of carboxylic acid groups (broad SMARTS) is 1. The maximum absolute atomic E-state index is 12.7. The largest absolute Gasteiger partial charge is 0.544 e. The first-order valence-electron chi connectivity index (χ1n) is 21.7. The van der Waals surface area contributed by atoms with Gasteiger partial charge in [-0.05, 0) is 32.1 Å². The summed E-state index contributed by atoms with van der Waals surface area (Å²) in [5, 5.41) is 11.6. The van der Waals surface area contributed by atoms with Crippen LogP contribution in [0.3, 0.4) is 0 Å². The van der Waals surface area contributed by atoms with Gasteiger partial charge in [0.2, 0.25) is 0 Å². The Bertz CT molecular complexity index is 1030. The molecule has 0 saturated carbocycles. The number of likely N-dealkylation sites (N-methyl/N-ethyl adjacent to an activating group) is 1. The van der Waals surface area contributed by atoms with Crippen LogP contribution in [0.1, 0.15) is 174 Å². The van der Waals surface area contributed by atoms with Gasteiger partial charge in [0.1, 0.15) is 12.6 Å². The van der Waals surface area contributed by atoms with Gasteiger partial charge in [0.05, 0.1) is 40.3 Å². The topological polar surface area (TPSA) is 102 Å². The van der Waals surface area contributed by atoms with Crippen LogP contribution in [0.2, 0.25) is 0 Å². The van der Waals surface area contributed by atoms with Crippen LogP contribution in [0, 0.1) is 0 Å². The summed E-state index contributed by atoms with van der Waals surface area (Å²) in [5.74, 6) is -1.76. The van der Waals surface area contributed by atoms with Gasteiger partial charge >= 0.3 is 11.9 Å². The molecule has 0 amide bonds. The van der Waals surface area contributed by atoms with E-state index in [4.69, 9.17) is 14.2 Å². The number of esters is 2. The summed E-state index contributed by atoms with van der Waals surface area (Å²) >= 11 is 0. The van der Waals surface area contributed by atoms with E-state index in [1.54, 1.807) is 21.1 Å². The summed E-state index contributed by atoms with van der Waals surface area (Å²) in [5.41, 5.74) is 0. The minimum Gasteiger partial charge on any atom is -0.544 e. The van der Waals surface area contributed by atoms with Gasteiger partial charge in [-0.15, -0.1) is 0 Å². The second-order valence-corrected chi connectivity index (χ2v) is 15.7. The van der Waals surface area contributed by atoms with E-state index in [1.165, 1.54) is 77.0 Å². The Hall–Kier alpha value is -2.71. The molecule has 0 rings (SSSR count). The third-order valence-corrected chi connectivity index (χ3v) is 9.57. The Kier molecular flexibility index (Phi) is 35.4. The van der Waals surface area contributed by atoms with Crippen molar-refractivity contribution < 1.29 is 38.2 Å². The highest BCUT2D eigenvalue weighted by atomic mass is 16.6. The lowest BCUT2D eigenvalue weighted by Crippen LogP contribution is -2.55. The molecule has 0 aliphatic carbocycles. The fraction of sp³-hybridized carbons (Fsp3) is 0.761. The predicted octanol–water partition coefficient (Wildman–Crippen LogP) is 10.3. The monoisotopic (exact) mass is 760 g/mol. The minimum absolute atomic E-state index is 0.0338. The molecule has 0 fully saturated rings. The van der Waals surface area contributed by atoms with Crippen LogP contribution < -0.4 is 5.11 Å². The average molecular weight is 760 g/mol. The van der Waals surface area contributed by atoms with Gasteiger partial charge in [-0.2, -0.15) is 0 Å². The number of nitrogens with zero attached hydrogens (tertiary/aromatic N) is 1. The van der Waals surface area contributed by atoms with Gasteiger partial charge in [0, 0.05) is 19.3 Å². The van der Waals surface area contributed by atoms with Crippen molar-refractivity contribution in [3.8, 4) is 0 Å². The van der Waals surface area contributed by atoms with Crippen molar-refractivity contribution in [1.82, 2.24) is 0 Å². The first-order valence-corrected chi connectivity index (χ1v) is 21.7. The molecular weight excluding hydrogens is 679 g/mol. The van der Waals surface area contributed by atoms with E-state index in [0.717, 1.165) is 64.2 Å². The van der Waals surface area contributed by atoms with Crippen LogP contribution >= 0.6 is 0 Å². The Labute approximate surface area is 331 Å². The molecule has 0 bridgehead atoms. The Balaban J connectivity index is 4.39. The molecule has 0 radical (unpaired) electrons. The second kappa shape index (κ2) is 37.2. The molecule has 0 spiro atoms. The Morgan fingerprint density at radius 2 is 1.04 bits per heavy atom. The molecule has 0 aliphatic heterocycles. The van der Waals surface area contributed by atoms with Crippen LogP contribution in [-0.2, 0) is 28.6 Å². The highest BCUT2D eigenvalue weighted by Crippen LogP contribution is 2.15. The number of hydrogen-bond acceptors (Lipinski definition) is 7. The lowest BCUT2D eigenvalue weighted by molar-refractivity contribution is -0.889. The van der Waals surface area contributed by atoms with E-state index in [1.807, 2.05) is 24.3 Å². The summed E-state index contributed by atoms with van der Waals surface area (Å²) in [6, 6.07) is -0.729. The van der Waals surface area contributed by atoms with Crippen LogP contribution in [0.15, 0.2) is 48.6 Å². The summed E-state index contributed by atoms with van der Waals surface area (Å²) in [7, 11) is 5.40. The highest BCUT2D eigenvalue weighted by molar-refractivity contribution is 5.70. The molecule has 0 aromatic heterocycles. The van der Waals surface area contributed by atoms with Crippen LogP contribution in [0.5, 0.6) is 0 Å². The third kappa shape index (κ3) is 35.0. The van der Waals surface area contributed by atoms with E-state index >= 15 is 0 Å². The average Bonchev–Trinajstić information content (AvgIpc) is 3.12. The van der Waals surface area contributed by atoms with E-state index in [2.05, 4.69) is 38.2 Å². The molecule has 8 heteroatoms. The third-order valence-electron chi connectivity index (χ3n) is 9.57. The number of aliphatic carboxylic acids is 1. The van der Waals surface area contributed by atoms with Crippen molar-refractivity contribution in [3.05, 3.63) is 48.6 Å². The van der Waals surface area contributed by atoms with E-state index in [0.29, 0.717) is 12.8 Å². The van der Waals surface area contributed by atoms with Crippen molar-refractivity contribution in [3.63, 3.8) is 0 Å². The van der Waals surface area contributed by atoms with Crippen molar-refractivity contribution in [1.29, 1.82) is 0 Å². The molecule has 0 saturated heterocycles. The molecule has 0 N–H and O–H groups in total. The zero-order valence-electron chi connectivity index (χ0n) is 35.4. The maximum Gasteiger partial charge on any atom is 0.306 e. The molecule has 0 aliphatic rings. The number of hydrogen-bond donors (Lipinski definition) is 0. The predicted molar refractivity (Wildman–Crippen MR) is 222 cm³/mol. The first-order chi connectivity index (χ1) is 26.1. The summed E-state index contributed by atoms with van der Waals surface area (Å²) in [6.45, 7) is 4.50. The number of carbonyl (C=O) groups is 3. The summed E-state index contributed by atoms with van der Waals surface area (Å²) in [4.78, 5) is 36.8. The van der Waals surface area contributed by atoms with Gasteiger partial charge in [-0.3, -0.25) is 9.59 Å². The molecule has 8 nitrogen and oxygen atoms in total. The SMILES string of the molecule is CC/C=C/C=C/C=C/C=C/CCCCCCCC(=O)OCC(COCCC(C(=O)[O-])[N+](C)(C)C)OC(=O)CCCCCCCCCCCCCCCCC. The first kappa shape index (κ1) is 51.3. The van der Waals surface area contributed by atoms with E-state index < -0.39 is 18.1 Å². The Morgan fingerprint density at radius 1 is 0.574 bits per heavy atom. The van der Waals surface area contributed by atoms with Crippen molar-refractivity contribution in [2.24, 2.45) is 0 Å². The number of carboxylic acids is 1. The molecular formula is C46H81NO7. The number of allylic oxidation sites excluding steroid dienone is 8. The highest BCUT2D eigenvalue weighted by Gasteiger charge is 2.25. The molecule has 312 valence electrons. The zero-order valence-corrected chi connectivity index (χ0v) is 35.4. The van der Waals surface area contributed by atoms with Crippen molar-refractivity contribution >= 4 is 17.9 Å². The fourth-order valence-electron chi connectivity index (χ4n) is 6.20. The number of carbonyl (C=O) groups excluding carboxylic acids is 3. The lowest BCUT2D eigenvalue weighted by atomic mass is 10.0. The molecule has 0 heterocycles. The number of ether oxygens (including phenoxy) is 3. The standard InChI is InChI=1S/C46H81NO7/c1-6-8-10-12-14-16-18-20-22-24-26-28-30-32-34-36-44(48)53-41-42(40-52-39-38-43(46(50)51)47(3,4)5)54-45(49)37-35-33-31-29-27-25-23-21-19-17-15-13-11-9-7-2/h8,10,12,14,16,18,20,22,42-43H,6-7,9,11,13,15,17,19,21,23-41H2,1-5H3/b10-8+,14-12+,18-16+,22-20+. The Morgan fingerprint density at radius 3 is 1.54 bits per heavy atom. The van der Waals surface area contributed by atoms with Gasteiger partial charge < -0.3 is 28.6 Å². The number of quaternary nitrogens is 1. The smallest absolute Gasteiger partial charge is 0.306 e. The van der Waals surface area contributed by atoms with Crippen LogP contribution in [-0.4, -0.2) is 75.5 Å². The molecule has 54 heavy (non-hydrogen) atoms. The molecule has 0 aromatic carbocycles. The van der Waals surface area contributed by atoms with Gasteiger partial charge in [-0.1, -0.05) is 172 Å². The molecule has 2 unspecified atom stereocenters.